The van der Waals surface area contributed by atoms with Crippen LogP contribution in [0.15, 0.2) is 65.3 Å². The predicted molar refractivity (Wildman–Crippen MR) is 141 cm³/mol. The van der Waals surface area contributed by atoms with Crippen LogP contribution in [-0.2, 0) is 21.2 Å². The standard InChI is InChI=1S/C24H17N5O4S3/c1-33-24-19-7-14(9-26-24)20-8-18-22(35-20)21(28-12-27-18)15-5-16(34-11-15)10-25-23(30)13-3-2-4-17(6-13)36(31,32)29-19/h2-9,11-12H,10H2,1H3,(H2-,25,29,30,31,32)/p+1. The Morgan fingerprint density at radius 1 is 1.08 bits per heavy atom. The number of rotatable bonds is 1. The molecule has 1 unspecified atom stereocenters. The van der Waals surface area contributed by atoms with Crippen LogP contribution in [-0.4, -0.2) is 32.5 Å². The number of methoxy groups -OCH3 is 1. The first-order valence-corrected chi connectivity index (χ1v) is 13.9. The zero-order valence-electron chi connectivity index (χ0n) is 18.7. The Morgan fingerprint density at radius 3 is 2.83 bits per heavy atom. The summed E-state index contributed by atoms with van der Waals surface area (Å²) in [5.74, 6) is -0.187. The van der Waals surface area contributed by atoms with Gasteiger partial charge in [0, 0.05) is 44.1 Å². The number of carbonyl (C=O) groups is 1. The number of benzene rings is 1. The lowest BCUT2D eigenvalue weighted by atomic mass is 10.2. The van der Waals surface area contributed by atoms with Gasteiger partial charge in [0.05, 0.1) is 29.6 Å². The Balaban J connectivity index is 1.56. The molecule has 1 aliphatic rings. The van der Waals surface area contributed by atoms with E-state index in [4.69, 9.17) is 4.74 Å². The molecule has 6 rings (SSSR count). The minimum Gasteiger partial charge on any atom is -0.479 e. The fourth-order valence-corrected chi connectivity index (χ4v) is 6.93. The number of fused-ring (bicyclic) bond motifs is 9. The summed E-state index contributed by atoms with van der Waals surface area (Å²) in [6.07, 6.45) is 3.18. The number of hydrogen-bond donors (Lipinski definition) is 3. The van der Waals surface area contributed by atoms with Gasteiger partial charge in [-0.15, -0.1) is 22.7 Å². The van der Waals surface area contributed by atoms with E-state index in [-0.39, 0.29) is 27.9 Å². The quantitative estimate of drug-likeness (QED) is 0.255. The molecule has 5 aromatic rings. The molecule has 36 heavy (non-hydrogen) atoms. The van der Waals surface area contributed by atoms with Crippen LogP contribution in [0.25, 0.3) is 31.9 Å². The maximum absolute atomic E-state index is 13.4. The van der Waals surface area contributed by atoms with E-state index in [9.17, 15) is 13.6 Å². The lowest BCUT2D eigenvalue weighted by Gasteiger charge is -2.12. The number of amides is 1. The summed E-state index contributed by atoms with van der Waals surface area (Å²) < 4.78 is 33.2. The fraction of sp³-hybridized carbons (Fsp3) is 0.0833. The van der Waals surface area contributed by atoms with Crippen molar-refractivity contribution in [1.29, 1.82) is 0 Å². The number of aromatic nitrogens is 3. The van der Waals surface area contributed by atoms with Crippen molar-refractivity contribution in [3.63, 3.8) is 0 Å². The van der Waals surface area contributed by atoms with Gasteiger partial charge in [-0.1, -0.05) is 6.07 Å². The predicted octanol–water partition coefficient (Wildman–Crippen LogP) is 5.09. The summed E-state index contributed by atoms with van der Waals surface area (Å²) in [5.41, 5.74) is 3.77. The number of hydrogen-bond acceptors (Lipinski definition) is 8. The SMILES string of the molecule is COc1ncc2cc1N[S+](=O)(O)c1cccc(c1)C(=O)NCc1cc(cs1)-c1ncnc3cc-2sc13. The van der Waals surface area contributed by atoms with Crippen molar-refractivity contribution < 1.29 is 18.3 Å². The van der Waals surface area contributed by atoms with Crippen molar-refractivity contribution in [2.45, 2.75) is 11.4 Å². The molecule has 0 saturated carbocycles. The molecule has 0 spiro atoms. The van der Waals surface area contributed by atoms with Gasteiger partial charge in [-0.3, -0.25) is 4.79 Å². The molecule has 1 atom stereocenters. The van der Waals surface area contributed by atoms with E-state index in [1.54, 1.807) is 24.4 Å². The van der Waals surface area contributed by atoms with E-state index in [0.717, 1.165) is 36.8 Å². The highest BCUT2D eigenvalue weighted by molar-refractivity contribution is 7.99. The molecule has 0 fully saturated rings. The monoisotopic (exact) mass is 536 g/mol. The number of pyridine rings is 1. The number of ether oxygens (including phenoxy) is 1. The number of nitrogens with one attached hydrogen (secondary N) is 2. The Bertz CT molecular complexity index is 1700. The largest absolute Gasteiger partial charge is 0.479 e. The number of anilines is 1. The Morgan fingerprint density at radius 2 is 1.97 bits per heavy atom. The zero-order valence-corrected chi connectivity index (χ0v) is 21.2. The molecule has 1 amide bonds. The van der Waals surface area contributed by atoms with Gasteiger partial charge in [0.25, 0.3) is 5.91 Å². The molecular formula is C24H18N5O4S3+. The molecule has 0 saturated heterocycles. The number of nitrogens with zero attached hydrogens (tertiary/aromatic N) is 3. The molecule has 0 radical (unpaired) electrons. The molecule has 180 valence electrons. The van der Waals surface area contributed by atoms with E-state index in [0.29, 0.717) is 6.54 Å². The van der Waals surface area contributed by atoms with Gasteiger partial charge in [-0.05, 0) is 34.5 Å². The van der Waals surface area contributed by atoms with Gasteiger partial charge in [0.15, 0.2) is 0 Å². The minimum absolute atomic E-state index is 0.0592. The summed E-state index contributed by atoms with van der Waals surface area (Å²) in [6, 6.07) is 11.7. The van der Waals surface area contributed by atoms with Crippen molar-refractivity contribution in [2.75, 3.05) is 11.8 Å². The highest BCUT2D eigenvalue weighted by atomic mass is 32.3. The van der Waals surface area contributed by atoms with Crippen LogP contribution in [0.4, 0.5) is 5.69 Å². The Labute approximate surface area is 214 Å². The van der Waals surface area contributed by atoms with Crippen molar-refractivity contribution in [3.8, 4) is 27.6 Å². The normalized spacial score (nSPS) is 17.2. The van der Waals surface area contributed by atoms with E-state index < -0.39 is 10.4 Å². The third-order valence-corrected chi connectivity index (χ3v) is 9.16. The summed E-state index contributed by atoms with van der Waals surface area (Å²) in [4.78, 5) is 28.0. The van der Waals surface area contributed by atoms with Gasteiger partial charge >= 0.3 is 10.4 Å². The first-order valence-electron chi connectivity index (χ1n) is 10.7. The lowest BCUT2D eigenvalue weighted by molar-refractivity contribution is 0.0951. The summed E-state index contributed by atoms with van der Waals surface area (Å²) in [5, 5.41) is 4.89. The van der Waals surface area contributed by atoms with Crippen LogP contribution in [0.3, 0.4) is 0 Å². The second-order valence-electron chi connectivity index (χ2n) is 7.97. The highest BCUT2D eigenvalue weighted by Crippen LogP contribution is 2.40. The molecule has 1 aromatic carbocycles. The summed E-state index contributed by atoms with van der Waals surface area (Å²) >= 11 is 3.03. The van der Waals surface area contributed by atoms with Crippen molar-refractivity contribution >= 4 is 54.9 Å². The van der Waals surface area contributed by atoms with Crippen molar-refractivity contribution in [1.82, 2.24) is 20.3 Å². The summed E-state index contributed by atoms with van der Waals surface area (Å²) in [7, 11) is -2.36. The second-order valence-corrected chi connectivity index (χ2v) is 11.7. The third kappa shape index (κ3) is 4.03. The van der Waals surface area contributed by atoms with Gasteiger partial charge in [0.2, 0.25) is 10.8 Å². The first-order chi connectivity index (χ1) is 17.4. The Hall–Kier alpha value is -3.71. The molecule has 0 aliphatic carbocycles. The van der Waals surface area contributed by atoms with Crippen molar-refractivity contribution in [2.24, 2.45) is 0 Å². The van der Waals surface area contributed by atoms with Gasteiger partial charge < -0.3 is 10.1 Å². The molecule has 9 nitrogen and oxygen atoms in total. The van der Waals surface area contributed by atoms with Gasteiger partial charge in [0.1, 0.15) is 12.0 Å². The van der Waals surface area contributed by atoms with Gasteiger partial charge in [-0.25, -0.2) is 15.0 Å². The molecule has 1 aliphatic heterocycles. The summed E-state index contributed by atoms with van der Waals surface area (Å²) in [6.45, 7) is 0.317. The van der Waals surface area contributed by atoms with E-state index in [2.05, 4.69) is 25.0 Å². The molecule has 4 aromatic heterocycles. The maximum atomic E-state index is 13.4. The van der Waals surface area contributed by atoms with E-state index >= 15 is 0 Å². The van der Waals surface area contributed by atoms with Crippen LogP contribution in [0, 0.1) is 0 Å². The van der Waals surface area contributed by atoms with E-state index in [1.807, 2.05) is 17.5 Å². The molecule has 3 N–H and O–H groups in total. The van der Waals surface area contributed by atoms with Crippen LogP contribution in [0.5, 0.6) is 5.88 Å². The highest BCUT2D eigenvalue weighted by Gasteiger charge is 2.32. The minimum atomic E-state index is -3.79. The van der Waals surface area contributed by atoms with Crippen molar-refractivity contribution in [3.05, 3.63) is 70.8 Å². The topological polar surface area (TPSA) is 126 Å². The Kier molecular flexibility index (Phi) is 5.52. The molecule has 5 heterocycles. The van der Waals surface area contributed by atoms with Gasteiger partial charge in [-0.2, -0.15) is 9.27 Å². The smallest absolute Gasteiger partial charge is 0.346 e. The zero-order chi connectivity index (χ0) is 24.9. The molecular weight excluding hydrogens is 518 g/mol. The van der Waals surface area contributed by atoms with Crippen LogP contribution in [0.2, 0.25) is 0 Å². The number of thiophene rings is 2. The lowest BCUT2D eigenvalue weighted by Crippen LogP contribution is -2.24. The van der Waals surface area contributed by atoms with Crippen LogP contribution < -0.4 is 14.8 Å². The third-order valence-electron chi connectivity index (χ3n) is 5.65. The average molecular weight is 537 g/mol. The first kappa shape index (κ1) is 22.7. The van der Waals surface area contributed by atoms with Crippen LogP contribution in [0.1, 0.15) is 15.2 Å². The average Bonchev–Trinajstić information content (AvgIpc) is 3.54. The van der Waals surface area contributed by atoms with Crippen LogP contribution >= 0.6 is 22.7 Å². The fourth-order valence-electron chi connectivity index (χ4n) is 3.91. The second kappa shape index (κ2) is 8.75. The molecule has 12 heteroatoms. The van der Waals surface area contributed by atoms with E-state index in [1.165, 1.54) is 48.2 Å². The maximum Gasteiger partial charge on any atom is 0.346 e. The number of carbonyl (C=O) groups excluding carboxylic acids is 1. The molecule has 8 bridgehead atoms.